The first kappa shape index (κ1) is 28.6. The Morgan fingerprint density at radius 3 is 1.74 bits per heavy atom. The van der Waals surface area contributed by atoms with E-state index in [0.29, 0.717) is 11.8 Å². The minimum Gasteiger partial charge on any atom is -0.206 e. The molecule has 0 nitrogen and oxygen atoms in total. The Morgan fingerprint density at radius 1 is 0.513 bits per heavy atom. The number of benzene rings is 4. The zero-order valence-electron chi connectivity index (χ0n) is 23.9. The Kier molecular flexibility index (Phi) is 11.2. The van der Waals surface area contributed by atoms with Gasteiger partial charge in [-0.05, 0) is 90.4 Å². The lowest BCUT2D eigenvalue weighted by molar-refractivity contribution is 0.620. The fraction of sp³-hybridized carbons (Fsp3) is 0.368. The van der Waals surface area contributed by atoms with Crippen molar-refractivity contribution in [2.75, 3.05) is 0 Å². The maximum Gasteiger partial charge on any atom is 0.134 e. The fourth-order valence-electron chi connectivity index (χ4n) is 5.17. The van der Waals surface area contributed by atoms with Crippen molar-refractivity contribution >= 4 is 10.8 Å². The van der Waals surface area contributed by atoms with Crippen LogP contribution in [0.2, 0.25) is 0 Å². The van der Waals surface area contributed by atoms with E-state index >= 15 is 4.39 Å². The van der Waals surface area contributed by atoms with Crippen LogP contribution in [0.15, 0.2) is 78.9 Å². The van der Waals surface area contributed by atoms with Crippen LogP contribution in [0.1, 0.15) is 98.6 Å². The molecule has 0 bridgehead atoms. The molecule has 0 saturated carbocycles. The van der Waals surface area contributed by atoms with Gasteiger partial charge in [0, 0.05) is 16.5 Å². The van der Waals surface area contributed by atoms with Crippen LogP contribution in [0.3, 0.4) is 0 Å². The molecule has 0 saturated heterocycles. The van der Waals surface area contributed by atoms with E-state index in [1.807, 2.05) is 30.3 Å². The van der Waals surface area contributed by atoms with E-state index in [1.165, 1.54) is 68.1 Å². The lowest BCUT2D eigenvalue weighted by atomic mass is 9.98. The Labute approximate surface area is 235 Å². The lowest BCUT2D eigenvalue weighted by Gasteiger charge is -2.08. The zero-order valence-corrected chi connectivity index (χ0v) is 23.9. The van der Waals surface area contributed by atoms with Crippen LogP contribution in [0, 0.1) is 17.7 Å². The van der Waals surface area contributed by atoms with Crippen LogP contribution in [-0.4, -0.2) is 0 Å². The predicted molar refractivity (Wildman–Crippen MR) is 166 cm³/mol. The van der Waals surface area contributed by atoms with Crippen LogP contribution < -0.4 is 0 Å². The van der Waals surface area contributed by atoms with Gasteiger partial charge in [0.15, 0.2) is 0 Å². The van der Waals surface area contributed by atoms with E-state index < -0.39 is 0 Å². The largest absolute Gasteiger partial charge is 0.206 e. The molecule has 39 heavy (non-hydrogen) atoms. The highest BCUT2D eigenvalue weighted by molar-refractivity contribution is 5.85. The molecular formula is C38H43F. The minimum absolute atomic E-state index is 0.103. The van der Waals surface area contributed by atoms with Gasteiger partial charge < -0.3 is 0 Å². The highest BCUT2D eigenvalue weighted by Crippen LogP contribution is 2.24. The van der Waals surface area contributed by atoms with Crippen molar-refractivity contribution < 1.29 is 4.39 Å². The third kappa shape index (κ3) is 8.83. The Hall–Kier alpha value is -3.37. The van der Waals surface area contributed by atoms with Gasteiger partial charge in [-0.1, -0.05) is 119 Å². The van der Waals surface area contributed by atoms with E-state index in [0.717, 1.165) is 41.3 Å². The number of unbranched alkanes of at least 4 members (excludes halogenated alkanes) is 6. The molecule has 0 atom stereocenters. The molecule has 0 aliphatic rings. The standard InChI is InChI=1S/C38H43F/c1-3-5-7-8-10-12-31-13-17-32(18-14-31)21-22-34-24-28-37-36(29-34)27-26-35(38(37)39)25-23-33-19-15-30(16-20-33)11-9-6-4-2/h13-20,24,26-29H,3-12,23,25H2,1-2H3. The molecule has 0 aromatic heterocycles. The minimum atomic E-state index is -0.103. The maximum atomic E-state index is 15.3. The molecule has 4 aromatic carbocycles. The summed E-state index contributed by atoms with van der Waals surface area (Å²) in [6, 6.07) is 27.3. The molecule has 0 N–H and O–H groups in total. The van der Waals surface area contributed by atoms with Crippen molar-refractivity contribution in [2.45, 2.75) is 90.9 Å². The van der Waals surface area contributed by atoms with Gasteiger partial charge in [-0.2, -0.15) is 0 Å². The van der Waals surface area contributed by atoms with Crippen LogP contribution >= 0.6 is 0 Å². The first-order valence-corrected chi connectivity index (χ1v) is 15.1. The molecule has 0 amide bonds. The maximum absolute atomic E-state index is 15.3. The molecule has 0 aliphatic carbocycles. The number of aryl methyl sites for hydroxylation is 4. The molecule has 202 valence electrons. The highest BCUT2D eigenvalue weighted by Gasteiger charge is 2.08. The zero-order chi connectivity index (χ0) is 27.3. The smallest absolute Gasteiger partial charge is 0.134 e. The average molecular weight is 519 g/mol. The first-order valence-electron chi connectivity index (χ1n) is 15.1. The molecule has 0 spiro atoms. The van der Waals surface area contributed by atoms with Gasteiger partial charge in [0.05, 0.1) is 0 Å². The summed E-state index contributed by atoms with van der Waals surface area (Å²) in [5, 5.41) is 1.57. The van der Waals surface area contributed by atoms with Crippen molar-refractivity contribution in [3.8, 4) is 11.8 Å². The SMILES string of the molecule is CCCCCCCc1ccc(C#Cc2ccc3c(F)c(CCc4ccc(CCCCC)cc4)ccc3c2)cc1. The van der Waals surface area contributed by atoms with Crippen LogP contribution in [0.5, 0.6) is 0 Å². The third-order valence-corrected chi connectivity index (χ3v) is 7.68. The summed E-state index contributed by atoms with van der Waals surface area (Å²) < 4.78 is 15.3. The van der Waals surface area contributed by atoms with Gasteiger partial charge in [0.2, 0.25) is 0 Å². The van der Waals surface area contributed by atoms with Crippen LogP contribution in [-0.2, 0) is 25.7 Å². The summed E-state index contributed by atoms with van der Waals surface area (Å²) >= 11 is 0. The Balaban J connectivity index is 1.34. The van der Waals surface area contributed by atoms with Crippen molar-refractivity contribution in [1.29, 1.82) is 0 Å². The van der Waals surface area contributed by atoms with Crippen molar-refractivity contribution in [1.82, 2.24) is 0 Å². The third-order valence-electron chi connectivity index (χ3n) is 7.68. The topological polar surface area (TPSA) is 0 Å². The van der Waals surface area contributed by atoms with Gasteiger partial charge in [-0.3, -0.25) is 0 Å². The van der Waals surface area contributed by atoms with E-state index in [4.69, 9.17) is 0 Å². The van der Waals surface area contributed by atoms with E-state index in [1.54, 1.807) is 0 Å². The second-order valence-corrected chi connectivity index (χ2v) is 10.9. The second kappa shape index (κ2) is 15.3. The molecule has 0 aliphatic heterocycles. The fourth-order valence-corrected chi connectivity index (χ4v) is 5.17. The van der Waals surface area contributed by atoms with Gasteiger partial charge in [-0.15, -0.1) is 0 Å². The normalized spacial score (nSPS) is 10.9. The van der Waals surface area contributed by atoms with Crippen molar-refractivity contribution in [3.63, 3.8) is 0 Å². The summed E-state index contributed by atoms with van der Waals surface area (Å²) in [6.07, 6.45) is 14.1. The molecular weight excluding hydrogens is 475 g/mol. The molecule has 0 fully saturated rings. The number of hydrogen-bond donors (Lipinski definition) is 0. The van der Waals surface area contributed by atoms with Gasteiger partial charge in [-0.25, -0.2) is 4.39 Å². The number of fused-ring (bicyclic) bond motifs is 1. The monoisotopic (exact) mass is 518 g/mol. The van der Waals surface area contributed by atoms with Gasteiger partial charge in [0.1, 0.15) is 5.82 Å². The number of hydrogen-bond acceptors (Lipinski definition) is 0. The molecule has 1 heteroatoms. The highest BCUT2D eigenvalue weighted by atomic mass is 19.1. The van der Waals surface area contributed by atoms with Gasteiger partial charge in [0.25, 0.3) is 0 Å². The summed E-state index contributed by atoms with van der Waals surface area (Å²) in [7, 11) is 0. The number of halogens is 1. The summed E-state index contributed by atoms with van der Waals surface area (Å²) in [4.78, 5) is 0. The summed E-state index contributed by atoms with van der Waals surface area (Å²) in [5.74, 6) is 6.44. The molecule has 4 aromatic rings. The summed E-state index contributed by atoms with van der Waals surface area (Å²) in [6.45, 7) is 4.49. The molecule has 0 heterocycles. The average Bonchev–Trinajstić information content (AvgIpc) is 2.97. The van der Waals surface area contributed by atoms with Crippen LogP contribution in [0.4, 0.5) is 4.39 Å². The Morgan fingerprint density at radius 2 is 1.05 bits per heavy atom. The lowest BCUT2D eigenvalue weighted by Crippen LogP contribution is -1.96. The van der Waals surface area contributed by atoms with Crippen molar-refractivity contribution in [2.24, 2.45) is 0 Å². The predicted octanol–water partition coefficient (Wildman–Crippen LogP) is 10.4. The molecule has 4 rings (SSSR count). The number of rotatable bonds is 13. The Bertz CT molecular complexity index is 1370. The van der Waals surface area contributed by atoms with E-state index in [2.05, 4.69) is 74.2 Å². The quantitative estimate of drug-likeness (QED) is 0.122. The van der Waals surface area contributed by atoms with E-state index in [9.17, 15) is 0 Å². The molecule has 0 radical (unpaired) electrons. The van der Waals surface area contributed by atoms with Crippen molar-refractivity contribution in [3.05, 3.63) is 118 Å². The summed E-state index contributed by atoms with van der Waals surface area (Å²) in [5.41, 5.74) is 6.74. The van der Waals surface area contributed by atoms with Gasteiger partial charge >= 0.3 is 0 Å². The van der Waals surface area contributed by atoms with E-state index in [-0.39, 0.29) is 5.82 Å². The first-order chi connectivity index (χ1) is 19.2. The van der Waals surface area contributed by atoms with Crippen LogP contribution in [0.25, 0.3) is 10.8 Å². The molecule has 0 unspecified atom stereocenters. The second-order valence-electron chi connectivity index (χ2n) is 10.9.